The van der Waals surface area contributed by atoms with Gasteiger partial charge in [-0.25, -0.2) is 0 Å². The molecule has 0 fully saturated rings. The molecule has 0 aliphatic rings. The van der Waals surface area contributed by atoms with Crippen molar-refractivity contribution in [3.05, 3.63) is 47.8 Å². The number of fused-ring (bicyclic) bond motifs is 1. The number of benzene rings is 2. The molecule has 15 heavy (non-hydrogen) atoms. The zero-order chi connectivity index (χ0) is 10.1. The van der Waals surface area contributed by atoms with E-state index in [1.807, 2.05) is 17.5 Å². The maximum absolute atomic E-state index is 4.11. The van der Waals surface area contributed by atoms with Crippen LogP contribution in [0.1, 0.15) is 0 Å². The lowest BCUT2D eigenvalue weighted by atomic mass is 10.0. The summed E-state index contributed by atoms with van der Waals surface area (Å²) in [6, 6.07) is 14.6. The van der Waals surface area contributed by atoms with Gasteiger partial charge in [-0.1, -0.05) is 47.0 Å². The van der Waals surface area contributed by atoms with Crippen LogP contribution in [-0.2, 0) is 0 Å². The molecule has 0 saturated carbocycles. The highest BCUT2D eigenvalue weighted by atomic mass is 32.1. The van der Waals surface area contributed by atoms with Crippen molar-refractivity contribution in [2.24, 2.45) is 0 Å². The highest BCUT2D eigenvalue weighted by Crippen LogP contribution is 2.27. The smallest absolute Gasteiger partial charge is 0.106 e. The Morgan fingerprint density at radius 2 is 1.80 bits per heavy atom. The van der Waals surface area contributed by atoms with Crippen LogP contribution in [0, 0.1) is 0 Å². The van der Waals surface area contributed by atoms with Gasteiger partial charge in [-0.15, -0.1) is 5.10 Å². The van der Waals surface area contributed by atoms with E-state index < -0.39 is 0 Å². The van der Waals surface area contributed by atoms with Gasteiger partial charge in [0, 0.05) is 10.9 Å². The maximum atomic E-state index is 4.11. The van der Waals surface area contributed by atoms with E-state index in [1.165, 1.54) is 22.3 Å². The van der Waals surface area contributed by atoms with E-state index >= 15 is 0 Å². The predicted molar refractivity (Wildman–Crippen MR) is 62.9 cm³/mol. The minimum absolute atomic E-state index is 0.955. The monoisotopic (exact) mass is 212 g/mol. The van der Waals surface area contributed by atoms with Gasteiger partial charge in [0.05, 0.1) is 0 Å². The summed E-state index contributed by atoms with van der Waals surface area (Å²) >= 11 is 1.38. The highest BCUT2D eigenvalue weighted by molar-refractivity contribution is 7.03. The van der Waals surface area contributed by atoms with Crippen LogP contribution in [0.3, 0.4) is 0 Å². The summed E-state index contributed by atoms with van der Waals surface area (Å²) < 4.78 is 3.90. The van der Waals surface area contributed by atoms with E-state index in [1.54, 1.807) is 0 Å². The van der Waals surface area contributed by atoms with Crippen molar-refractivity contribution in [2.75, 3.05) is 0 Å². The second-order valence-corrected chi connectivity index (χ2v) is 3.93. The normalized spacial score (nSPS) is 10.7. The lowest BCUT2D eigenvalue weighted by Gasteiger charge is -2.02. The Hall–Kier alpha value is -1.74. The van der Waals surface area contributed by atoms with Gasteiger partial charge in [0.25, 0.3) is 0 Å². The fourth-order valence-electron chi connectivity index (χ4n) is 1.73. The van der Waals surface area contributed by atoms with Gasteiger partial charge in [-0.05, 0) is 22.3 Å². The fourth-order valence-corrected chi connectivity index (χ4v) is 2.19. The lowest BCUT2D eigenvalue weighted by Crippen LogP contribution is -1.80. The predicted octanol–water partition coefficient (Wildman–Crippen LogP) is 3.36. The Morgan fingerprint density at radius 1 is 0.933 bits per heavy atom. The summed E-state index contributed by atoms with van der Waals surface area (Å²) in [6.45, 7) is 0. The van der Waals surface area contributed by atoms with Crippen LogP contribution in [0.15, 0.2) is 47.8 Å². The minimum Gasteiger partial charge on any atom is -0.138 e. The summed E-state index contributed by atoms with van der Waals surface area (Å²) in [7, 11) is 0. The van der Waals surface area contributed by atoms with Crippen LogP contribution in [-0.4, -0.2) is 9.59 Å². The molecule has 0 aliphatic carbocycles. The van der Waals surface area contributed by atoms with Crippen molar-refractivity contribution in [1.29, 1.82) is 0 Å². The number of rotatable bonds is 1. The molecule has 0 N–H and O–H groups in total. The Morgan fingerprint density at radius 3 is 2.67 bits per heavy atom. The maximum Gasteiger partial charge on any atom is 0.106 e. The average molecular weight is 212 g/mol. The average Bonchev–Trinajstić information content (AvgIpc) is 2.82. The zero-order valence-electron chi connectivity index (χ0n) is 7.92. The number of hydrogen-bond acceptors (Lipinski definition) is 3. The van der Waals surface area contributed by atoms with Gasteiger partial charge in [0.15, 0.2) is 0 Å². The van der Waals surface area contributed by atoms with E-state index in [9.17, 15) is 0 Å². The molecular formula is C12H8N2S. The van der Waals surface area contributed by atoms with Gasteiger partial charge < -0.3 is 0 Å². The summed E-state index contributed by atoms with van der Waals surface area (Å²) in [6.07, 6.45) is 0. The van der Waals surface area contributed by atoms with Gasteiger partial charge in [-0.2, -0.15) is 0 Å². The van der Waals surface area contributed by atoms with Crippen molar-refractivity contribution in [3.8, 4) is 11.3 Å². The molecule has 0 bridgehead atoms. The van der Waals surface area contributed by atoms with Crippen molar-refractivity contribution in [2.45, 2.75) is 0 Å². The minimum atomic E-state index is 0.955. The quantitative estimate of drug-likeness (QED) is 0.618. The molecule has 0 saturated heterocycles. The van der Waals surface area contributed by atoms with Crippen LogP contribution in [0.4, 0.5) is 0 Å². The molecule has 0 atom stereocenters. The standard InChI is InChI=1S/C12H8N2S/c1-2-6-10-9(4-1)5-3-7-11(10)12-8-15-14-13-12/h1-8H. The van der Waals surface area contributed by atoms with E-state index in [0.717, 1.165) is 11.3 Å². The molecule has 3 aromatic rings. The summed E-state index contributed by atoms with van der Waals surface area (Å²) in [5, 5.41) is 8.55. The van der Waals surface area contributed by atoms with E-state index in [0.29, 0.717) is 0 Å². The lowest BCUT2D eigenvalue weighted by molar-refractivity contribution is 1.16. The molecule has 2 aromatic carbocycles. The Bertz CT molecular complexity index is 582. The van der Waals surface area contributed by atoms with Gasteiger partial charge in [0.2, 0.25) is 0 Å². The molecule has 1 aromatic heterocycles. The first-order valence-electron chi connectivity index (χ1n) is 4.70. The molecule has 3 heteroatoms. The molecular weight excluding hydrogens is 204 g/mol. The van der Waals surface area contributed by atoms with Gasteiger partial charge >= 0.3 is 0 Å². The van der Waals surface area contributed by atoms with Gasteiger partial charge in [0.1, 0.15) is 5.69 Å². The number of nitrogens with zero attached hydrogens (tertiary/aromatic N) is 2. The zero-order valence-corrected chi connectivity index (χ0v) is 8.74. The Balaban J connectivity index is 2.36. The van der Waals surface area contributed by atoms with Crippen LogP contribution in [0.25, 0.3) is 22.0 Å². The summed E-state index contributed by atoms with van der Waals surface area (Å²) in [5.41, 5.74) is 2.11. The second kappa shape index (κ2) is 3.44. The third-order valence-electron chi connectivity index (χ3n) is 2.43. The van der Waals surface area contributed by atoms with E-state index in [2.05, 4.69) is 39.9 Å². The molecule has 0 radical (unpaired) electrons. The van der Waals surface area contributed by atoms with Crippen molar-refractivity contribution in [1.82, 2.24) is 9.59 Å². The largest absolute Gasteiger partial charge is 0.138 e. The van der Waals surface area contributed by atoms with E-state index in [-0.39, 0.29) is 0 Å². The molecule has 72 valence electrons. The Labute approximate surface area is 91.4 Å². The molecule has 0 unspecified atom stereocenters. The van der Waals surface area contributed by atoms with Crippen LogP contribution in [0.5, 0.6) is 0 Å². The van der Waals surface area contributed by atoms with Gasteiger partial charge in [-0.3, -0.25) is 0 Å². The first kappa shape index (κ1) is 8.56. The van der Waals surface area contributed by atoms with Crippen molar-refractivity contribution in [3.63, 3.8) is 0 Å². The van der Waals surface area contributed by atoms with Crippen molar-refractivity contribution < 1.29 is 0 Å². The highest BCUT2D eigenvalue weighted by Gasteiger charge is 2.04. The fraction of sp³-hybridized carbons (Fsp3) is 0. The third-order valence-corrected chi connectivity index (χ3v) is 2.93. The first-order chi connectivity index (χ1) is 7.45. The van der Waals surface area contributed by atoms with E-state index in [4.69, 9.17) is 0 Å². The van der Waals surface area contributed by atoms with Crippen LogP contribution >= 0.6 is 11.5 Å². The van der Waals surface area contributed by atoms with Crippen LogP contribution < -0.4 is 0 Å². The first-order valence-corrected chi connectivity index (χ1v) is 5.54. The second-order valence-electron chi connectivity index (χ2n) is 3.32. The molecule has 1 heterocycles. The summed E-state index contributed by atoms with van der Waals surface area (Å²) in [5.74, 6) is 0. The molecule has 3 rings (SSSR count). The van der Waals surface area contributed by atoms with Crippen molar-refractivity contribution >= 4 is 22.3 Å². The number of hydrogen-bond donors (Lipinski definition) is 0. The molecule has 0 aliphatic heterocycles. The Kier molecular flexibility index (Phi) is 1.96. The molecule has 0 spiro atoms. The molecule has 0 amide bonds. The SMILES string of the molecule is c1ccc2c(-c3csnn3)cccc2c1. The topological polar surface area (TPSA) is 25.8 Å². The summed E-state index contributed by atoms with van der Waals surface area (Å²) in [4.78, 5) is 0. The van der Waals surface area contributed by atoms with Crippen LogP contribution in [0.2, 0.25) is 0 Å². The third kappa shape index (κ3) is 1.41. The molecule has 2 nitrogen and oxygen atoms in total. The number of aromatic nitrogens is 2.